The van der Waals surface area contributed by atoms with Gasteiger partial charge in [0.15, 0.2) is 11.5 Å². The lowest BCUT2D eigenvalue weighted by molar-refractivity contribution is -0.135. The Morgan fingerprint density at radius 3 is 2.19 bits per heavy atom. The number of carbonyl (C=O) groups excluding carboxylic acids is 1. The molecule has 1 aliphatic heterocycles. The highest BCUT2D eigenvalue weighted by Crippen LogP contribution is 2.43. The van der Waals surface area contributed by atoms with Crippen LogP contribution in [0.5, 0.6) is 17.2 Å². The second-order valence-corrected chi connectivity index (χ2v) is 7.96. The highest BCUT2D eigenvalue weighted by molar-refractivity contribution is 6.30. The summed E-state index contributed by atoms with van der Waals surface area (Å²) in [7, 11) is 3.19. The molecule has 3 aromatic rings. The first kappa shape index (κ1) is 21.1. The van der Waals surface area contributed by atoms with Crippen LogP contribution in [0.4, 0.5) is 5.69 Å². The molecule has 1 fully saturated rings. The molecule has 160 valence electrons. The largest absolute Gasteiger partial charge is 0.493 e. The average Bonchev–Trinajstić information content (AvgIpc) is 2.78. The van der Waals surface area contributed by atoms with Crippen molar-refractivity contribution in [1.82, 2.24) is 0 Å². The molecule has 1 aliphatic rings. The number of ether oxygens (including phenoxy) is 3. The summed E-state index contributed by atoms with van der Waals surface area (Å²) in [6.45, 7) is 4.09. The Labute approximate surface area is 187 Å². The van der Waals surface area contributed by atoms with Crippen LogP contribution < -0.4 is 19.1 Å². The van der Waals surface area contributed by atoms with Gasteiger partial charge in [0.2, 0.25) is 6.10 Å². The Morgan fingerprint density at radius 1 is 0.839 bits per heavy atom. The smallest absolute Gasteiger partial charge is 0.271 e. The maximum Gasteiger partial charge on any atom is 0.271 e. The number of nitrogens with zero attached hydrogens (tertiary/aromatic N) is 1. The first-order chi connectivity index (χ1) is 14.9. The van der Waals surface area contributed by atoms with Gasteiger partial charge in [-0.15, -0.1) is 0 Å². The Kier molecular flexibility index (Phi) is 5.79. The van der Waals surface area contributed by atoms with E-state index in [1.165, 1.54) is 5.56 Å². The van der Waals surface area contributed by atoms with Crippen LogP contribution in [0.1, 0.15) is 22.7 Å². The zero-order valence-corrected chi connectivity index (χ0v) is 18.6. The fraction of sp³-hybridized carbons (Fsp3) is 0.240. The summed E-state index contributed by atoms with van der Waals surface area (Å²) in [5.41, 5.74) is 4.03. The molecular weight excluding hydrogens is 414 g/mol. The molecule has 6 heteroatoms. The van der Waals surface area contributed by atoms with Gasteiger partial charge in [-0.3, -0.25) is 9.69 Å². The fourth-order valence-corrected chi connectivity index (χ4v) is 3.89. The van der Waals surface area contributed by atoms with Crippen LogP contribution in [0.15, 0.2) is 60.7 Å². The lowest BCUT2D eigenvalue weighted by Crippen LogP contribution is -2.61. The molecule has 0 aliphatic carbocycles. The van der Waals surface area contributed by atoms with Gasteiger partial charge >= 0.3 is 0 Å². The van der Waals surface area contributed by atoms with Crippen molar-refractivity contribution in [3.8, 4) is 17.2 Å². The molecule has 2 atom stereocenters. The van der Waals surface area contributed by atoms with E-state index in [4.69, 9.17) is 25.8 Å². The molecular formula is C25H24ClNO4. The van der Waals surface area contributed by atoms with Crippen LogP contribution in [0, 0.1) is 13.8 Å². The number of amides is 1. The van der Waals surface area contributed by atoms with Crippen LogP contribution >= 0.6 is 11.6 Å². The number of β-lactam (4-membered cyclic amide) rings is 1. The van der Waals surface area contributed by atoms with E-state index in [1.807, 2.05) is 43.3 Å². The minimum Gasteiger partial charge on any atom is -0.493 e. The molecule has 1 amide bonds. The highest BCUT2D eigenvalue weighted by Gasteiger charge is 2.51. The number of benzene rings is 3. The van der Waals surface area contributed by atoms with Gasteiger partial charge in [-0.25, -0.2) is 0 Å². The molecule has 0 saturated carbocycles. The monoisotopic (exact) mass is 437 g/mol. The minimum absolute atomic E-state index is 0.0991. The van der Waals surface area contributed by atoms with Crippen molar-refractivity contribution < 1.29 is 19.0 Å². The van der Waals surface area contributed by atoms with E-state index >= 15 is 0 Å². The first-order valence-electron chi connectivity index (χ1n) is 9.97. The molecule has 0 N–H and O–H groups in total. The molecule has 31 heavy (non-hydrogen) atoms. The second kappa shape index (κ2) is 8.52. The number of hydrogen-bond acceptors (Lipinski definition) is 4. The second-order valence-electron chi connectivity index (χ2n) is 7.53. The maximum atomic E-state index is 13.2. The zero-order chi connectivity index (χ0) is 22.1. The molecule has 5 nitrogen and oxygen atoms in total. The van der Waals surface area contributed by atoms with E-state index in [1.54, 1.807) is 43.4 Å². The molecule has 1 heterocycles. The van der Waals surface area contributed by atoms with Crippen LogP contribution in [0.2, 0.25) is 5.02 Å². The number of aryl methyl sites for hydroxylation is 2. The van der Waals surface area contributed by atoms with Gasteiger partial charge in [0.1, 0.15) is 11.8 Å². The summed E-state index contributed by atoms with van der Waals surface area (Å²) < 4.78 is 16.9. The molecule has 4 rings (SSSR count). The van der Waals surface area contributed by atoms with Crippen LogP contribution in [0.3, 0.4) is 0 Å². The summed E-state index contributed by atoms with van der Waals surface area (Å²) in [5, 5.41) is 0.612. The number of methoxy groups -OCH3 is 2. The molecule has 3 aromatic carbocycles. The Balaban J connectivity index is 1.74. The third-order valence-electron chi connectivity index (χ3n) is 5.64. The Bertz CT molecular complexity index is 1110. The Morgan fingerprint density at radius 2 is 1.55 bits per heavy atom. The van der Waals surface area contributed by atoms with Gasteiger partial charge in [-0.05, 0) is 79.1 Å². The minimum atomic E-state index is -0.666. The summed E-state index contributed by atoms with van der Waals surface area (Å²) in [5.74, 6) is 1.72. The van der Waals surface area contributed by atoms with Gasteiger partial charge in [0.25, 0.3) is 5.91 Å². The van der Waals surface area contributed by atoms with E-state index < -0.39 is 6.10 Å². The van der Waals surface area contributed by atoms with Crippen LogP contribution in [-0.2, 0) is 4.79 Å². The van der Waals surface area contributed by atoms with Gasteiger partial charge < -0.3 is 14.2 Å². The lowest BCUT2D eigenvalue weighted by Gasteiger charge is -2.47. The van der Waals surface area contributed by atoms with Crippen molar-refractivity contribution in [3.63, 3.8) is 0 Å². The summed E-state index contributed by atoms with van der Waals surface area (Å²) in [4.78, 5) is 15.0. The molecule has 0 aromatic heterocycles. The predicted molar refractivity (Wildman–Crippen MR) is 122 cm³/mol. The van der Waals surface area contributed by atoms with Crippen molar-refractivity contribution in [2.24, 2.45) is 0 Å². The number of anilines is 1. The SMILES string of the molecule is COc1ccc([C@H]2[C@H](Oc3ccc(Cl)cc3)C(=O)N2c2ccc(C)c(C)c2)cc1OC. The summed E-state index contributed by atoms with van der Waals surface area (Å²) in [6, 6.07) is 18.4. The van der Waals surface area contributed by atoms with E-state index in [-0.39, 0.29) is 11.9 Å². The Hall–Kier alpha value is -3.18. The average molecular weight is 438 g/mol. The zero-order valence-electron chi connectivity index (χ0n) is 17.9. The first-order valence-corrected chi connectivity index (χ1v) is 10.3. The van der Waals surface area contributed by atoms with Gasteiger partial charge in [0.05, 0.1) is 14.2 Å². The molecule has 0 spiro atoms. The van der Waals surface area contributed by atoms with E-state index in [9.17, 15) is 4.79 Å². The van der Waals surface area contributed by atoms with Crippen molar-refractivity contribution in [1.29, 1.82) is 0 Å². The van der Waals surface area contributed by atoms with E-state index in [0.717, 1.165) is 16.8 Å². The van der Waals surface area contributed by atoms with Crippen LogP contribution in [-0.4, -0.2) is 26.2 Å². The summed E-state index contributed by atoms with van der Waals surface area (Å²) >= 11 is 5.99. The molecule has 0 unspecified atom stereocenters. The van der Waals surface area contributed by atoms with E-state index in [0.29, 0.717) is 22.3 Å². The van der Waals surface area contributed by atoms with Gasteiger partial charge in [0, 0.05) is 10.7 Å². The van der Waals surface area contributed by atoms with E-state index in [2.05, 4.69) is 6.92 Å². The van der Waals surface area contributed by atoms with Gasteiger partial charge in [-0.1, -0.05) is 23.7 Å². The highest BCUT2D eigenvalue weighted by atomic mass is 35.5. The topological polar surface area (TPSA) is 48.0 Å². The normalized spacial score (nSPS) is 17.8. The number of rotatable bonds is 6. The lowest BCUT2D eigenvalue weighted by atomic mass is 9.89. The van der Waals surface area contributed by atoms with Crippen molar-refractivity contribution in [2.75, 3.05) is 19.1 Å². The van der Waals surface area contributed by atoms with Gasteiger partial charge in [-0.2, -0.15) is 0 Å². The third kappa shape index (κ3) is 3.93. The van der Waals surface area contributed by atoms with Crippen molar-refractivity contribution in [2.45, 2.75) is 26.0 Å². The number of halogens is 1. The van der Waals surface area contributed by atoms with Crippen molar-refractivity contribution in [3.05, 3.63) is 82.4 Å². The number of hydrogen-bond donors (Lipinski definition) is 0. The predicted octanol–water partition coefficient (Wildman–Crippen LogP) is 5.51. The summed E-state index contributed by atoms with van der Waals surface area (Å²) in [6.07, 6.45) is -0.666. The van der Waals surface area contributed by atoms with Crippen molar-refractivity contribution >= 4 is 23.2 Å². The maximum absolute atomic E-state index is 13.2. The number of carbonyl (C=O) groups is 1. The standard InChI is InChI=1S/C25H24ClNO4/c1-15-5-9-19(13-16(15)2)27-23(17-6-12-21(29-3)22(14-17)30-4)24(25(27)28)31-20-10-7-18(26)8-11-20/h5-14,23-24H,1-4H3/t23-,24-/m0/s1. The van der Waals surface area contributed by atoms with Crippen LogP contribution in [0.25, 0.3) is 0 Å². The quantitative estimate of drug-likeness (QED) is 0.477. The molecule has 0 bridgehead atoms. The molecule has 1 saturated heterocycles. The third-order valence-corrected chi connectivity index (χ3v) is 5.89. The fourth-order valence-electron chi connectivity index (χ4n) is 3.76. The molecule has 0 radical (unpaired) electrons.